The minimum atomic E-state index is -1.12. The number of carbonyl (C=O) groups excluding carboxylic acids is 3. The summed E-state index contributed by atoms with van der Waals surface area (Å²) >= 11 is 0. The molecule has 2 heterocycles. The van der Waals surface area contributed by atoms with E-state index in [-0.39, 0.29) is 18.2 Å². The van der Waals surface area contributed by atoms with Crippen molar-refractivity contribution in [3.8, 4) is 0 Å². The van der Waals surface area contributed by atoms with E-state index in [4.69, 9.17) is 13.9 Å². The molecule has 8 nitrogen and oxygen atoms in total. The molecule has 1 saturated heterocycles. The second kappa shape index (κ2) is 6.96. The van der Waals surface area contributed by atoms with E-state index in [1.165, 1.54) is 19.5 Å². The predicted molar refractivity (Wildman–Crippen MR) is 101 cm³/mol. The first-order chi connectivity index (χ1) is 14.1. The molecule has 0 radical (unpaired) electrons. The Balaban J connectivity index is 1.79. The van der Waals surface area contributed by atoms with E-state index in [9.17, 15) is 24.3 Å². The number of ether oxygens (including phenoxy) is 2. The topological polar surface area (TPSA) is 120 Å². The second-order valence-electron chi connectivity index (χ2n) is 9.35. The lowest BCUT2D eigenvalue weighted by Gasteiger charge is -2.60. The third-order valence-electron chi connectivity index (χ3n) is 7.62. The van der Waals surface area contributed by atoms with Crippen LogP contribution in [0.3, 0.4) is 0 Å². The minimum Gasteiger partial charge on any atom is -0.481 e. The van der Waals surface area contributed by atoms with Gasteiger partial charge in [-0.05, 0) is 36.2 Å². The first-order valence-electron chi connectivity index (χ1n) is 10.2. The fraction of sp³-hybridized carbons (Fsp3) is 0.636. The molecule has 1 N–H and O–H groups in total. The lowest BCUT2D eigenvalue weighted by molar-refractivity contribution is -0.209. The van der Waals surface area contributed by atoms with Crippen molar-refractivity contribution in [1.29, 1.82) is 0 Å². The van der Waals surface area contributed by atoms with E-state index in [1.807, 2.05) is 13.8 Å². The van der Waals surface area contributed by atoms with E-state index >= 15 is 0 Å². The molecule has 162 valence electrons. The van der Waals surface area contributed by atoms with Gasteiger partial charge in [-0.3, -0.25) is 19.2 Å². The molecule has 3 fully saturated rings. The van der Waals surface area contributed by atoms with Crippen molar-refractivity contribution in [1.82, 2.24) is 0 Å². The van der Waals surface area contributed by atoms with Crippen LogP contribution in [-0.2, 0) is 28.7 Å². The van der Waals surface area contributed by atoms with Crippen LogP contribution in [0, 0.1) is 28.6 Å². The molecule has 0 bridgehead atoms. The van der Waals surface area contributed by atoms with E-state index < -0.39 is 52.7 Å². The van der Waals surface area contributed by atoms with E-state index in [0.717, 1.165) is 0 Å². The zero-order chi connectivity index (χ0) is 21.8. The Kier molecular flexibility index (Phi) is 4.78. The Morgan fingerprint density at radius 3 is 2.57 bits per heavy atom. The molecule has 7 atom stereocenters. The van der Waals surface area contributed by atoms with Gasteiger partial charge in [0.1, 0.15) is 6.10 Å². The first kappa shape index (κ1) is 20.6. The Morgan fingerprint density at radius 2 is 1.97 bits per heavy atom. The maximum atomic E-state index is 13.6. The van der Waals surface area contributed by atoms with Gasteiger partial charge in [0.15, 0.2) is 11.9 Å². The second-order valence-corrected chi connectivity index (χ2v) is 9.35. The monoisotopic (exact) mass is 418 g/mol. The molecule has 30 heavy (non-hydrogen) atoms. The van der Waals surface area contributed by atoms with Gasteiger partial charge < -0.3 is 19.0 Å². The lowest BCUT2D eigenvalue weighted by atomic mass is 9.43. The number of ketones is 1. The van der Waals surface area contributed by atoms with Crippen LogP contribution in [0.1, 0.15) is 58.1 Å². The van der Waals surface area contributed by atoms with Gasteiger partial charge in [-0.25, -0.2) is 0 Å². The SMILES string of the molecule is CC(=O)O[C@H]1C[C@@H](C(=O)O)[C@]2(C)CCC3C(=O)O[C@H](c4ccoc4)C[C@]3(C)C2C1=O. The Labute approximate surface area is 173 Å². The Morgan fingerprint density at radius 1 is 1.23 bits per heavy atom. The van der Waals surface area contributed by atoms with Gasteiger partial charge in [0.2, 0.25) is 0 Å². The summed E-state index contributed by atoms with van der Waals surface area (Å²) in [5, 5.41) is 9.96. The lowest BCUT2D eigenvalue weighted by Crippen LogP contribution is -2.64. The van der Waals surface area contributed by atoms with E-state index in [0.29, 0.717) is 24.8 Å². The fourth-order valence-corrected chi connectivity index (χ4v) is 6.34. The number of carbonyl (C=O) groups is 4. The average molecular weight is 418 g/mol. The molecule has 2 saturated carbocycles. The van der Waals surface area contributed by atoms with Crippen molar-refractivity contribution in [2.24, 2.45) is 28.6 Å². The molecule has 2 aliphatic carbocycles. The molecular weight excluding hydrogens is 392 g/mol. The molecular formula is C22H26O8. The summed E-state index contributed by atoms with van der Waals surface area (Å²) in [6, 6.07) is 1.72. The van der Waals surface area contributed by atoms with Crippen molar-refractivity contribution >= 4 is 23.7 Å². The molecule has 8 heteroatoms. The van der Waals surface area contributed by atoms with Crippen LogP contribution in [0.4, 0.5) is 0 Å². The fourth-order valence-electron chi connectivity index (χ4n) is 6.34. The number of furan rings is 1. The van der Waals surface area contributed by atoms with Crippen molar-refractivity contribution in [3.63, 3.8) is 0 Å². The molecule has 0 spiro atoms. The van der Waals surface area contributed by atoms with Gasteiger partial charge in [-0.1, -0.05) is 13.8 Å². The van der Waals surface area contributed by atoms with Crippen LogP contribution in [0.15, 0.2) is 23.0 Å². The number of hydrogen-bond donors (Lipinski definition) is 1. The van der Waals surface area contributed by atoms with Crippen LogP contribution >= 0.6 is 0 Å². The number of aliphatic carboxylic acids is 1. The van der Waals surface area contributed by atoms with Gasteiger partial charge in [0.05, 0.1) is 24.4 Å². The average Bonchev–Trinajstić information content (AvgIpc) is 3.17. The number of rotatable bonds is 3. The molecule has 0 amide bonds. The van der Waals surface area contributed by atoms with Gasteiger partial charge in [-0.2, -0.15) is 0 Å². The van der Waals surface area contributed by atoms with Gasteiger partial charge in [-0.15, -0.1) is 0 Å². The molecule has 1 aromatic heterocycles. The first-order valence-corrected chi connectivity index (χ1v) is 10.2. The highest BCUT2D eigenvalue weighted by Gasteiger charge is 2.67. The summed E-state index contributed by atoms with van der Waals surface area (Å²) in [6.07, 6.45) is 2.49. The van der Waals surface area contributed by atoms with Crippen molar-refractivity contribution in [2.45, 2.75) is 58.7 Å². The number of esters is 2. The zero-order valence-corrected chi connectivity index (χ0v) is 17.3. The van der Waals surface area contributed by atoms with Gasteiger partial charge >= 0.3 is 17.9 Å². The van der Waals surface area contributed by atoms with Crippen molar-refractivity contribution < 1.29 is 38.2 Å². The maximum Gasteiger partial charge on any atom is 0.310 e. The van der Waals surface area contributed by atoms with Gasteiger partial charge in [0.25, 0.3) is 0 Å². The molecule has 1 aromatic rings. The van der Waals surface area contributed by atoms with Crippen LogP contribution in [0.25, 0.3) is 0 Å². The summed E-state index contributed by atoms with van der Waals surface area (Å²) < 4.78 is 16.0. The maximum absolute atomic E-state index is 13.6. The van der Waals surface area contributed by atoms with Gasteiger partial charge in [0, 0.05) is 24.8 Å². The van der Waals surface area contributed by atoms with Crippen LogP contribution in [-0.4, -0.2) is 34.9 Å². The number of fused-ring (bicyclic) bond motifs is 3. The van der Waals surface area contributed by atoms with Crippen molar-refractivity contribution in [2.75, 3.05) is 0 Å². The minimum absolute atomic E-state index is 0.0445. The zero-order valence-electron chi connectivity index (χ0n) is 17.3. The summed E-state index contributed by atoms with van der Waals surface area (Å²) in [4.78, 5) is 50.3. The Bertz CT molecular complexity index is 889. The number of hydrogen-bond acceptors (Lipinski definition) is 7. The molecule has 3 aliphatic rings. The quantitative estimate of drug-likeness (QED) is 0.744. The predicted octanol–water partition coefficient (Wildman–Crippen LogP) is 2.91. The highest BCUT2D eigenvalue weighted by atomic mass is 16.6. The molecule has 2 unspecified atom stereocenters. The Hall–Kier alpha value is -2.64. The third-order valence-corrected chi connectivity index (χ3v) is 7.62. The number of carboxylic acid groups (broad SMARTS) is 1. The number of Topliss-reactive ketones (excluding diaryl/α,β-unsaturated/α-hetero) is 1. The summed E-state index contributed by atoms with van der Waals surface area (Å²) in [7, 11) is 0. The van der Waals surface area contributed by atoms with Crippen LogP contribution < -0.4 is 0 Å². The summed E-state index contributed by atoms with van der Waals surface area (Å²) in [5.74, 6) is -4.44. The van der Waals surface area contributed by atoms with Crippen molar-refractivity contribution in [3.05, 3.63) is 24.2 Å². The smallest absolute Gasteiger partial charge is 0.310 e. The molecule has 0 aromatic carbocycles. The van der Waals surface area contributed by atoms with Crippen LogP contribution in [0.2, 0.25) is 0 Å². The summed E-state index contributed by atoms with van der Waals surface area (Å²) in [5.41, 5.74) is -0.970. The highest BCUT2D eigenvalue weighted by molar-refractivity contribution is 5.93. The third kappa shape index (κ3) is 2.96. The number of carboxylic acids is 1. The summed E-state index contributed by atoms with van der Waals surface area (Å²) in [6.45, 7) is 4.90. The van der Waals surface area contributed by atoms with E-state index in [2.05, 4.69) is 0 Å². The largest absolute Gasteiger partial charge is 0.481 e. The molecule has 1 aliphatic heterocycles. The normalized spacial score (nSPS) is 40.7. The molecule has 4 rings (SSSR count). The van der Waals surface area contributed by atoms with E-state index in [1.54, 1.807) is 6.07 Å². The number of cyclic esters (lactones) is 1. The standard InChI is InChI=1S/C22H26O8/c1-11(23)29-15-8-14(19(25)26)21(2)6-4-13-20(27)30-16(12-5-7-28-10-12)9-22(13,3)18(21)17(15)24/h5,7,10,13-16,18H,4,6,8-9H2,1-3H3,(H,25,26)/t13?,14-,15-,16-,18?,21-,22-/m0/s1. The van der Waals surface area contributed by atoms with Crippen LogP contribution in [0.5, 0.6) is 0 Å². The highest BCUT2D eigenvalue weighted by Crippen LogP contribution is 2.65.